The molecule has 9 nitrogen and oxygen atoms in total. The zero-order valence-electron chi connectivity index (χ0n) is 18.8. The highest BCUT2D eigenvalue weighted by atomic mass is 16.5. The van der Waals surface area contributed by atoms with Crippen LogP contribution in [-0.2, 0) is 9.53 Å². The number of aryl methyl sites for hydroxylation is 1. The summed E-state index contributed by atoms with van der Waals surface area (Å²) in [6.07, 6.45) is 0.397. The van der Waals surface area contributed by atoms with Crippen LogP contribution in [0.5, 0.6) is 0 Å². The van der Waals surface area contributed by atoms with Crippen LogP contribution in [0.2, 0.25) is 0 Å². The van der Waals surface area contributed by atoms with Gasteiger partial charge in [-0.3, -0.25) is 10.1 Å². The second-order valence-corrected chi connectivity index (χ2v) is 7.74. The molecule has 0 saturated heterocycles. The molecule has 0 spiro atoms. The van der Waals surface area contributed by atoms with Gasteiger partial charge in [-0.05, 0) is 40.7 Å². The van der Waals surface area contributed by atoms with Crippen molar-refractivity contribution < 1.29 is 19.1 Å². The molecule has 32 heavy (non-hydrogen) atoms. The average Bonchev–Trinajstić information content (AvgIpc) is 3.17. The summed E-state index contributed by atoms with van der Waals surface area (Å²) in [6, 6.07) is 8.80. The van der Waals surface area contributed by atoms with E-state index in [0.717, 1.165) is 11.1 Å². The fraction of sp³-hybridized carbons (Fsp3) is 0.348. The van der Waals surface area contributed by atoms with Gasteiger partial charge in [-0.25, -0.2) is 19.3 Å². The number of ether oxygens (including phenoxy) is 1. The van der Waals surface area contributed by atoms with Crippen molar-refractivity contribution in [1.29, 1.82) is 0 Å². The number of urea groups is 1. The number of esters is 1. The number of hydrogen-bond donors (Lipinski definition) is 2. The minimum Gasteiger partial charge on any atom is -0.449 e. The molecular weight excluding hydrogens is 410 g/mol. The molecule has 0 aliphatic heterocycles. The maximum absolute atomic E-state index is 13.0. The largest absolute Gasteiger partial charge is 0.449 e. The van der Waals surface area contributed by atoms with Crippen molar-refractivity contribution in [3.05, 3.63) is 47.7 Å². The number of benzene rings is 1. The third kappa shape index (κ3) is 4.93. The third-order valence-electron chi connectivity index (χ3n) is 4.85. The van der Waals surface area contributed by atoms with Crippen molar-refractivity contribution in [1.82, 2.24) is 25.4 Å². The summed E-state index contributed by atoms with van der Waals surface area (Å²) in [7, 11) is 0. The molecule has 0 fully saturated rings. The van der Waals surface area contributed by atoms with Crippen LogP contribution < -0.4 is 10.6 Å². The summed E-state index contributed by atoms with van der Waals surface area (Å²) >= 11 is 0. The second kappa shape index (κ2) is 9.59. The Morgan fingerprint density at radius 1 is 1.12 bits per heavy atom. The Bertz CT molecular complexity index is 1150. The molecule has 2 aromatic heterocycles. The lowest BCUT2D eigenvalue weighted by molar-refractivity contribution is -0.127. The molecule has 1 atom stereocenters. The molecule has 168 valence electrons. The third-order valence-corrected chi connectivity index (χ3v) is 4.85. The molecule has 2 heterocycles. The van der Waals surface area contributed by atoms with E-state index in [4.69, 9.17) is 9.72 Å². The van der Waals surface area contributed by atoms with Gasteiger partial charge in [0, 0.05) is 18.2 Å². The first-order valence-electron chi connectivity index (χ1n) is 10.5. The molecule has 1 aromatic carbocycles. The van der Waals surface area contributed by atoms with Gasteiger partial charge in [0.15, 0.2) is 11.8 Å². The van der Waals surface area contributed by atoms with Gasteiger partial charge in [0.05, 0.1) is 22.8 Å². The highest BCUT2D eigenvalue weighted by Gasteiger charge is 2.24. The van der Waals surface area contributed by atoms with Crippen LogP contribution in [0.3, 0.4) is 0 Å². The van der Waals surface area contributed by atoms with E-state index in [-0.39, 0.29) is 11.6 Å². The average molecular weight is 438 g/mol. The smallest absolute Gasteiger partial charge is 0.339 e. The summed E-state index contributed by atoms with van der Waals surface area (Å²) in [6.45, 7) is 9.43. The van der Waals surface area contributed by atoms with Crippen molar-refractivity contribution in [2.24, 2.45) is 0 Å². The van der Waals surface area contributed by atoms with Crippen molar-refractivity contribution in [3.63, 3.8) is 0 Å². The molecule has 3 amide bonds. The molecule has 3 aromatic rings. The maximum Gasteiger partial charge on any atom is 0.339 e. The van der Waals surface area contributed by atoms with Gasteiger partial charge in [0.2, 0.25) is 0 Å². The number of hydrogen-bond acceptors (Lipinski definition) is 6. The van der Waals surface area contributed by atoms with Gasteiger partial charge in [0.1, 0.15) is 0 Å². The molecule has 2 N–H and O–H groups in total. The van der Waals surface area contributed by atoms with Crippen LogP contribution in [0.4, 0.5) is 4.79 Å². The number of nitrogens with zero attached hydrogens (tertiary/aromatic N) is 3. The van der Waals surface area contributed by atoms with E-state index in [9.17, 15) is 14.4 Å². The number of imide groups is 1. The van der Waals surface area contributed by atoms with Gasteiger partial charge in [0.25, 0.3) is 5.91 Å². The zero-order chi connectivity index (χ0) is 23.4. The van der Waals surface area contributed by atoms with Gasteiger partial charge in [-0.2, -0.15) is 5.10 Å². The summed E-state index contributed by atoms with van der Waals surface area (Å²) in [5, 5.41) is 9.49. The highest BCUT2D eigenvalue weighted by Crippen LogP contribution is 2.27. The van der Waals surface area contributed by atoms with E-state index in [1.165, 1.54) is 6.92 Å². The summed E-state index contributed by atoms with van der Waals surface area (Å²) < 4.78 is 7.10. The van der Waals surface area contributed by atoms with E-state index in [1.54, 1.807) is 23.9 Å². The maximum atomic E-state index is 13.0. The molecule has 0 bridgehead atoms. The SMILES string of the molecule is CCNC(=O)NC(=O)C(C)OC(=O)c1cc(-c2ccc(C)cc2)nc2c1cnn2C(C)C. The molecule has 0 saturated carbocycles. The van der Waals surface area contributed by atoms with Gasteiger partial charge < -0.3 is 10.1 Å². The molecule has 0 radical (unpaired) electrons. The normalized spacial score (nSPS) is 11.9. The summed E-state index contributed by atoms with van der Waals surface area (Å²) in [4.78, 5) is 41.5. The number of amides is 3. The van der Waals surface area contributed by atoms with Crippen molar-refractivity contribution >= 4 is 28.9 Å². The van der Waals surface area contributed by atoms with E-state index in [0.29, 0.717) is 23.3 Å². The molecule has 0 aliphatic carbocycles. The van der Waals surface area contributed by atoms with Crippen LogP contribution >= 0.6 is 0 Å². The fourth-order valence-electron chi connectivity index (χ4n) is 3.13. The standard InChI is InChI=1S/C23H27N5O4/c1-6-24-23(31)27-21(29)15(5)32-22(30)17-11-19(16-9-7-14(4)8-10-16)26-20-18(17)12-25-28(20)13(2)3/h7-13,15H,6H2,1-5H3,(H2,24,27,29,31). The number of carbonyl (C=O) groups excluding carboxylic acids is 3. The monoisotopic (exact) mass is 437 g/mol. The molecular formula is C23H27N5O4. The Kier molecular flexibility index (Phi) is 6.87. The number of pyridine rings is 1. The van der Waals surface area contributed by atoms with Crippen LogP contribution in [-0.4, -0.2) is 45.3 Å². The minimum atomic E-state index is -1.17. The second-order valence-electron chi connectivity index (χ2n) is 7.74. The Balaban J connectivity index is 1.97. The van der Waals surface area contributed by atoms with E-state index in [1.807, 2.05) is 45.0 Å². The first-order chi connectivity index (χ1) is 15.2. The number of carbonyl (C=O) groups is 3. The molecule has 1 unspecified atom stereocenters. The lowest BCUT2D eigenvalue weighted by Gasteiger charge is -2.14. The Morgan fingerprint density at radius 3 is 2.44 bits per heavy atom. The van der Waals surface area contributed by atoms with E-state index in [2.05, 4.69) is 15.7 Å². The number of fused-ring (bicyclic) bond motifs is 1. The highest BCUT2D eigenvalue weighted by molar-refractivity contribution is 6.05. The van der Waals surface area contributed by atoms with Gasteiger partial charge in [-0.15, -0.1) is 0 Å². The number of nitrogens with one attached hydrogen (secondary N) is 2. The predicted octanol–water partition coefficient (Wildman–Crippen LogP) is 3.38. The van der Waals surface area contributed by atoms with Crippen molar-refractivity contribution in [2.45, 2.75) is 46.8 Å². The lowest BCUT2D eigenvalue weighted by Crippen LogP contribution is -2.44. The number of rotatable bonds is 6. The Labute approximate surface area is 186 Å². The quantitative estimate of drug-likeness (QED) is 0.571. The first-order valence-corrected chi connectivity index (χ1v) is 10.5. The van der Waals surface area contributed by atoms with E-state index >= 15 is 0 Å². The molecule has 3 rings (SSSR count). The van der Waals surface area contributed by atoms with Crippen LogP contribution in [0, 0.1) is 6.92 Å². The fourth-order valence-corrected chi connectivity index (χ4v) is 3.13. The van der Waals surface area contributed by atoms with Crippen LogP contribution in [0.15, 0.2) is 36.5 Å². The van der Waals surface area contributed by atoms with Crippen molar-refractivity contribution in [2.75, 3.05) is 6.54 Å². The predicted molar refractivity (Wildman–Crippen MR) is 120 cm³/mol. The Morgan fingerprint density at radius 2 is 1.81 bits per heavy atom. The number of aromatic nitrogens is 3. The van der Waals surface area contributed by atoms with E-state index < -0.39 is 24.0 Å². The summed E-state index contributed by atoms with van der Waals surface area (Å²) in [5.74, 6) is -1.42. The van der Waals surface area contributed by atoms with Crippen LogP contribution in [0.1, 0.15) is 49.7 Å². The lowest BCUT2D eigenvalue weighted by atomic mass is 10.1. The molecule has 0 aliphatic rings. The topological polar surface area (TPSA) is 115 Å². The zero-order valence-corrected chi connectivity index (χ0v) is 18.8. The van der Waals surface area contributed by atoms with Crippen LogP contribution in [0.25, 0.3) is 22.3 Å². The Hall–Kier alpha value is -3.75. The van der Waals surface area contributed by atoms with Gasteiger partial charge >= 0.3 is 12.0 Å². The van der Waals surface area contributed by atoms with Crippen molar-refractivity contribution in [3.8, 4) is 11.3 Å². The summed E-state index contributed by atoms with van der Waals surface area (Å²) in [5.41, 5.74) is 3.32. The van der Waals surface area contributed by atoms with Gasteiger partial charge in [-0.1, -0.05) is 29.8 Å². The minimum absolute atomic E-state index is 0.0268. The first kappa shape index (κ1) is 22.9. The molecule has 9 heteroatoms.